The van der Waals surface area contributed by atoms with Gasteiger partial charge in [-0.05, 0) is 24.5 Å². The molecule has 3 heteroatoms. The smallest absolute Gasteiger partial charge is 0.201 e. The van der Waals surface area contributed by atoms with Crippen LogP contribution in [0.15, 0.2) is 24.3 Å². The van der Waals surface area contributed by atoms with Crippen molar-refractivity contribution < 1.29 is 8.78 Å². The predicted octanol–water partition coefficient (Wildman–Crippen LogP) is 3.93. The van der Waals surface area contributed by atoms with Gasteiger partial charge in [-0.15, -0.1) is 11.6 Å². The molecule has 0 aliphatic heterocycles. The van der Waals surface area contributed by atoms with Crippen molar-refractivity contribution in [3.8, 4) is 0 Å². The number of rotatable bonds is 3. The van der Waals surface area contributed by atoms with Crippen molar-refractivity contribution in [1.29, 1.82) is 0 Å². The van der Waals surface area contributed by atoms with Crippen LogP contribution in [0.5, 0.6) is 0 Å². The highest BCUT2D eigenvalue weighted by Crippen LogP contribution is 2.49. The van der Waals surface area contributed by atoms with E-state index >= 15 is 0 Å². The molecule has 0 radical (unpaired) electrons. The van der Waals surface area contributed by atoms with Gasteiger partial charge in [0.25, 0.3) is 5.92 Å². The summed E-state index contributed by atoms with van der Waals surface area (Å²) in [5.74, 6) is -2.83. The number of halogens is 3. The molecule has 1 aromatic carbocycles. The van der Waals surface area contributed by atoms with Crippen molar-refractivity contribution in [3.63, 3.8) is 0 Å². The van der Waals surface area contributed by atoms with Crippen molar-refractivity contribution in [2.45, 2.75) is 24.6 Å². The number of hydrogen-bond donors (Lipinski definition) is 0. The molecule has 2 rings (SSSR count). The van der Waals surface area contributed by atoms with Crippen LogP contribution in [0.3, 0.4) is 0 Å². The monoisotopic (exact) mass is 216 g/mol. The normalized spacial score (nSPS) is 17.1. The zero-order valence-electron chi connectivity index (χ0n) is 7.64. The summed E-state index contributed by atoms with van der Waals surface area (Å²) in [6.07, 6.45) is 1.27. The summed E-state index contributed by atoms with van der Waals surface area (Å²) in [4.78, 5) is 0. The second-order valence-electron chi connectivity index (χ2n) is 3.73. The van der Waals surface area contributed by atoms with E-state index in [0.717, 1.165) is 5.56 Å². The third-order valence-corrected chi connectivity index (χ3v) is 2.86. The first-order valence-electron chi connectivity index (χ1n) is 4.68. The molecule has 0 amide bonds. The molecule has 1 saturated carbocycles. The molecule has 0 nitrogen and oxygen atoms in total. The van der Waals surface area contributed by atoms with Crippen LogP contribution in [-0.2, 0) is 11.8 Å². The average molecular weight is 217 g/mol. The van der Waals surface area contributed by atoms with Crippen LogP contribution in [0.2, 0.25) is 0 Å². The minimum atomic E-state index is -2.66. The standard InChI is InChI=1S/C11H11ClF2/c12-7-8-2-1-3-10(6-8)11(13,14)9-4-5-9/h1-3,6,9H,4-5,7H2. The lowest BCUT2D eigenvalue weighted by Gasteiger charge is -2.16. The van der Waals surface area contributed by atoms with Crippen LogP contribution in [0, 0.1) is 5.92 Å². The fourth-order valence-corrected chi connectivity index (χ4v) is 1.71. The van der Waals surface area contributed by atoms with Crippen LogP contribution >= 0.6 is 11.6 Å². The number of alkyl halides is 3. The highest BCUT2D eigenvalue weighted by Gasteiger charge is 2.47. The van der Waals surface area contributed by atoms with Gasteiger partial charge in [-0.1, -0.05) is 18.2 Å². The third-order valence-electron chi connectivity index (χ3n) is 2.56. The topological polar surface area (TPSA) is 0 Å². The summed E-state index contributed by atoms with van der Waals surface area (Å²) >= 11 is 5.60. The van der Waals surface area contributed by atoms with Gasteiger partial charge in [0.05, 0.1) is 0 Å². The maximum atomic E-state index is 13.6. The molecule has 1 fully saturated rings. The van der Waals surface area contributed by atoms with Crippen LogP contribution < -0.4 is 0 Å². The van der Waals surface area contributed by atoms with Crippen molar-refractivity contribution in [1.82, 2.24) is 0 Å². The number of hydrogen-bond acceptors (Lipinski definition) is 0. The van der Waals surface area contributed by atoms with Crippen LogP contribution in [0.25, 0.3) is 0 Å². The van der Waals surface area contributed by atoms with Gasteiger partial charge in [0, 0.05) is 17.4 Å². The summed E-state index contributed by atoms with van der Waals surface area (Å²) in [7, 11) is 0. The Morgan fingerprint density at radius 3 is 2.64 bits per heavy atom. The van der Waals surface area contributed by atoms with E-state index in [1.807, 2.05) is 0 Å². The second-order valence-corrected chi connectivity index (χ2v) is 4.00. The van der Waals surface area contributed by atoms with E-state index in [9.17, 15) is 8.78 Å². The Balaban J connectivity index is 2.30. The fourth-order valence-electron chi connectivity index (χ4n) is 1.54. The van der Waals surface area contributed by atoms with Gasteiger partial charge >= 0.3 is 0 Å². The molecule has 0 N–H and O–H groups in total. The lowest BCUT2D eigenvalue weighted by molar-refractivity contribution is -0.0286. The van der Waals surface area contributed by atoms with E-state index in [2.05, 4.69) is 0 Å². The first kappa shape index (κ1) is 9.91. The quantitative estimate of drug-likeness (QED) is 0.672. The van der Waals surface area contributed by atoms with E-state index in [4.69, 9.17) is 11.6 Å². The zero-order chi connectivity index (χ0) is 10.2. The molecule has 0 aromatic heterocycles. The average Bonchev–Trinajstić information content (AvgIpc) is 3.01. The van der Waals surface area contributed by atoms with E-state index in [1.165, 1.54) is 12.1 Å². The van der Waals surface area contributed by atoms with Crippen molar-refractivity contribution >= 4 is 11.6 Å². The Labute approximate surface area is 86.9 Å². The van der Waals surface area contributed by atoms with Gasteiger partial charge in [-0.2, -0.15) is 0 Å². The van der Waals surface area contributed by atoms with Gasteiger partial charge in [0.2, 0.25) is 0 Å². The van der Waals surface area contributed by atoms with Crippen molar-refractivity contribution in [2.24, 2.45) is 5.92 Å². The maximum Gasteiger partial charge on any atom is 0.276 e. The van der Waals surface area contributed by atoms with Gasteiger partial charge < -0.3 is 0 Å². The number of benzene rings is 1. The largest absolute Gasteiger partial charge is 0.276 e. The molecule has 1 aromatic rings. The van der Waals surface area contributed by atoms with E-state index < -0.39 is 11.8 Å². The molecule has 1 aliphatic rings. The summed E-state index contributed by atoms with van der Waals surface area (Å²) in [5, 5.41) is 0. The first-order chi connectivity index (χ1) is 6.64. The highest BCUT2D eigenvalue weighted by atomic mass is 35.5. The van der Waals surface area contributed by atoms with Gasteiger partial charge in [-0.3, -0.25) is 0 Å². The third kappa shape index (κ3) is 1.76. The molecule has 0 atom stereocenters. The van der Waals surface area contributed by atoms with E-state index in [-0.39, 0.29) is 11.4 Å². The molecular weight excluding hydrogens is 206 g/mol. The predicted molar refractivity (Wildman–Crippen MR) is 52.6 cm³/mol. The van der Waals surface area contributed by atoms with E-state index in [1.54, 1.807) is 12.1 Å². The van der Waals surface area contributed by atoms with Gasteiger partial charge in [0.1, 0.15) is 0 Å². The Morgan fingerprint density at radius 2 is 2.07 bits per heavy atom. The highest BCUT2D eigenvalue weighted by molar-refractivity contribution is 6.17. The molecule has 0 heterocycles. The Bertz CT molecular complexity index is 332. The van der Waals surface area contributed by atoms with Crippen molar-refractivity contribution in [2.75, 3.05) is 0 Å². The Morgan fingerprint density at radius 1 is 1.36 bits per heavy atom. The molecule has 1 aliphatic carbocycles. The molecule has 76 valence electrons. The SMILES string of the molecule is FC(F)(c1cccc(CCl)c1)C1CC1. The lowest BCUT2D eigenvalue weighted by Crippen LogP contribution is -2.16. The van der Waals surface area contributed by atoms with E-state index in [0.29, 0.717) is 12.8 Å². The lowest BCUT2D eigenvalue weighted by atomic mass is 10.0. The molecular formula is C11H11ClF2. The Kier molecular flexibility index (Phi) is 2.48. The minimum Gasteiger partial charge on any atom is -0.201 e. The summed E-state index contributed by atoms with van der Waals surface area (Å²) in [5.41, 5.74) is 0.864. The minimum absolute atomic E-state index is 0.109. The van der Waals surface area contributed by atoms with Crippen LogP contribution in [-0.4, -0.2) is 0 Å². The Hall–Kier alpha value is -0.630. The van der Waals surface area contributed by atoms with Gasteiger partial charge in [0.15, 0.2) is 0 Å². The molecule has 0 saturated heterocycles. The zero-order valence-corrected chi connectivity index (χ0v) is 8.40. The van der Waals surface area contributed by atoms with Crippen molar-refractivity contribution in [3.05, 3.63) is 35.4 Å². The first-order valence-corrected chi connectivity index (χ1v) is 5.21. The summed E-state index contributed by atoms with van der Waals surface area (Å²) in [6.45, 7) is 0. The second kappa shape index (κ2) is 3.50. The maximum absolute atomic E-state index is 13.6. The van der Waals surface area contributed by atoms with Gasteiger partial charge in [-0.25, -0.2) is 8.78 Å². The molecule has 0 bridgehead atoms. The summed E-state index contributed by atoms with van der Waals surface area (Å²) in [6, 6.07) is 6.39. The molecule has 0 spiro atoms. The van der Waals surface area contributed by atoms with Crippen LogP contribution in [0.4, 0.5) is 8.78 Å². The molecule has 0 unspecified atom stereocenters. The van der Waals surface area contributed by atoms with Crippen LogP contribution in [0.1, 0.15) is 24.0 Å². The fraction of sp³-hybridized carbons (Fsp3) is 0.455. The molecule has 14 heavy (non-hydrogen) atoms. The summed E-state index contributed by atoms with van der Waals surface area (Å²) < 4.78 is 27.2.